The maximum Gasteiger partial charge on any atom is 0.278 e. The quantitative estimate of drug-likeness (QED) is 0.275. The lowest BCUT2D eigenvalue weighted by atomic mass is 10.8. The van der Waals surface area contributed by atoms with E-state index in [2.05, 4.69) is 40.4 Å². The summed E-state index contributed by atoms with van der Waals surface area (Å²) in [5.41, 5.74) is 0. The van der Waals surface area contributed by atoms with Gasteiger partial charge in [0.05, 0.1) is 0 Å². The molecule has 42 valence electrons. The summed E-state index contributed by atoms with van der Waals surface area (Å²) in [7, 11) is 4.68. The fourth-order valence-electron chi connectivity index (χ4n) is 0. The van der Waals surface area contributed by atoms with Crippen molar-refractivity contribution in [2.45, 2.75) is 0 Å². The second kappa shape index (κ2) is 5.18. The molecule has 0 aliphatic heterocycles. The summed E-state index contributed by atoms with van der Waals surface area (Å²) in [5, 5.41) is 0. The summed E-state index contributed by atoms with van der Waals surface area (Å²) in [4.78, 5) is 1.97. The first-order valence-corrected chi connectivity index (χ1v) is 5.63. The zero-order valence-corrected chi connectivity index (χ0v) is 7.29. The van der Waals surface area contributed by atoms with E-state index in [1.165, 1.54) is 0 Å². The van der Waals surface area contributed by atoms with Gasteiger partial charge in [0, 0.05) is 10.7 Å². The Morgan fingerprint density at radius 1 is 1.57 bits per heavy atom. The van der Waals surface area contributed by atoms with Crippen molar-refractivity contribution in [2.75, 3.05) is 4.93 Å². The molecule has 2 nitrogen and oxygen atoms in total. The molecule has 0 fully saturated rings. The lowest BCUT2D eigenvalue weighted by Gasteiger charge is -1.65. The standard InChI is InChI=1S/CH3I.BClO2S/c1-2;1-5(2,3)4/h1H3;. The first-order chi connectivity index (χ1) is 3.00. The van der Waals surface area contributed by atoms with Crippen LogP contribution in [0.15, 0.2) is 0 Å². The highest BCUT2D eigenvalue weighted by Crippen LogP contribution is 1.81. The zero-order valence-electron chi connectivity index (χ0n) is 3.56. The van der Waals surface area contributed by atoms with Crippen LogP contribution in [-0.4, -0.2) is 20.5 Å². The lowest BCUT2D eigenvalue weighted by molar-refractivity contribution is 0.621. The van der Waals surface area contributed by atoms with Crippen molar-refractivity contribution >= 4 is 49.3 Å². The van der Waals surface area contributed by atoms with Gasteiger partial charge < -0.3 is 0 Å². The summed E-state index contributed by atoms with van der Waals surface area (Å²) < 4.78 is 18.4. The van der Waals surface area contributed by atoms with E-state index in [0.717, 1.165) is 0 Å². The SMILES string of the molecule is CI.[B]S(=O)(=O)Cl. The molecule has 0 aromatic heterocycles. The molecule has 0 spiro atoms. The monoisotopic (exact) mass is 252 g/mol. The fourth-order valence-corrected chi connectivity index (χ4v) is 0. The van der Waals surface area contributed by atoms with E-state index in [9.17, 15) is 8.42 Å². The fraction of sp³-hybridized carbons (Fsp3) is 1.00. The van der Waals surface area contributed by atoms with Crippen LogP contribution < -0.4 is 0 Å². The molecule has 0 aromatic carbocycles. The predicted molar refractivity (Wildman–Crippen MR) is 40.5 cm³/mol. The molecule has 0 saturated heterocycles. The van der Waals surface area contributed by atoms with Gasteiger partial charge in [0.1, 0.15) is 0 Å². The number of hydrogen-bond acceptors (Lipinski definition) is 2. The van der Waals surface area contributed by atoms with Gasteiger partial charge in [0.15, 0.2) is 8.90 Å². The van der Waals surface area contributed by atoms with Crippen LogP contribution in [0.5, 0.6) is 0 Å². The van der Waals surface area contributed by atoms with E-state index in [-0.39, 0.29) is 0 Å². The molecule has 0 bridgehead atoms. The first-order valence-electron chi connectivity index (χ1n) is 1.10. The Bertz CT molecular complexity index is 101. The van der Waals surface area contributed by atoms with E-state index in [1.54, 1.807) is 0 Å². The van der Waals surface area contributed by atoms with Gasteiger partial charge in [-0.05, 0) is 4.93 Å². The average Bonchev–Trinajstić information content (AvgIpc) is 1.36. The Balaban J connectivity index is 0. The van der Waals surface area contributed by atoms with E-state index in [4.69, 9.17) is 0 Å². The molecular weight excluding hydrogens is 249 g/mol. The molecule has 0 heterocycles. The second-order valence-corrected chi connectivity index (χ2v) is 2.72. The Hall–Kier alpha value is 1.03. The molecule has 0 atom stereocenters. The Morgan fingerprint density at radius 3 is 1.57 bits per heavy atom. The largest absolute Gasteiger partial charge is 0.278 e. The summed E-state index contributed by atoms with van der Waals surface area (Å²) in [6.07, 6.45) is 0. The molecule has 0 saturated carbocycles. The summed E-state index contributed by atoms with van der Waals surface area (Å²) in [6, 6.07) is 0. The maximum atomic E-state index is 9.18. The first kappa shape index (κ1) is 10.9. The minimum Gasteiger partial charge on any atom is -0.227 e. The molecule has 7 heavy (non-hydrogen) atoms. The molecule has 2 radical (unpaired) electrons. The highest BCUT2D eigenvalue weighted by molar-refractivity contribution is 14.1. The van der Waals surface area contributed by atoms with E-state index >= 15 is 0 Å². The summed E-state index contributed by atoms with van der Waals surface area (Å²) in [6.45, 7) is 0. The summed E-state index contributed by atoms with van der Waals surface area (Å²) in [5.74, 6) is 0. The van der Waals surface area contributed by atoms with Crippen molar-refractivity contribution < 1.29 is 8.42 Å². The van der Waals surface area contributed by atoms with Crippen molar-refractivity contribution in [2.24, 2.45) is 0 Å². The average molecular weight is 252 g/mol. The van der Waals surface area contributed by atoms with E-state index < -0.39 is 8.90 Å². The van der Waals surface area contributed by atoms with Crippen molar-refractivity contribution in [3.8, 4) is 0 Å². The maximum absolute atomic E-state index is 9.18. The van der Waals surface area contributed by atoms with Gasteiger partial charge in [-0.2, -0.15) is 0 Å². The smallest absolute Gasteiger partial charge is 0.227 e. The van der Waals surface area contributed by atoms with Crippen LogP contribution in [0.1, 0.15) is 0 Å². The molecule has 0 aliphatic carbocycles. The third-order valence-electron chi connectivity index (χ3n) is 0. The van der Waals surface area contributed by atoms with E-state index in [0.29, 0.717) is 0 Å². The Kier molecular flexibility index (Phi) is 8.08. The molecule has 0 aliphatic rings. The number of rotatable bonds is 0. The molecular formula is CH3BClIO2S. The summed E-state index contributed by atoms with van der Waals surface area (Å²) >= 11 is 2.15. The lowest BCUT2D eigenvalue weighted by Crippen LogP contribution is -1.79. The molecule has 0 N–H and O–H groups in total. The third-order valence-corrected chi connectivity index (χ3v) is 0. The van der Waals surface area contributed by atoms with Crippen LogP contribution in [-0.2, 0) is 8.90 Å². The zero-order chi connectivity index (χ0) is 6.50. The van der Waals surface area contributed by atoms with Crippen LogP contribution in [0.25, 0.3) is 0 Å². The van der Waals surface area contributed by atoms with Gasteiger partial charge >= 0.3 is 0 Å². The molecule has 0 unspecified atom stereocenters. The predicted octanol–water partition coefficient (Wildman–Crippen LogP) is 0.690. The molecule has 0 aromatic rings. The molecule has 0 rings (SSSR count). The van der Waals surface area contributed by atoms with Crippen LogP contribution in [0.2, 0.25) is 0 Å². The van der Waals surface area contributed by atoms with Crippen molar-refractivity contribution in [1.82, 2.24) is 0 Å². The van der Waals surface area contributed by atoms with Gasteiger partial charge in [-0.15, -0.1) is 0 Å². The van der Waals surface area contributed by atoms with Gasteiger partial charge in [-0.25, -0.2) is 8.42 Å². The van der Waals surface area contributed by atoms with Crippen LogP contribution in [0, 0.1) is 0 Å². The normalized spacial score (nSPS) is 9.00. The number of hydrogen-bond donors (Lipinski definition) is 0. The molecule has 0 amide bonds. The topological polar surface area (TPSA) is 34.1 Å². The van der Waals surface area contributed by atoms with Gasteiger partial charge in [0.2, 0.25) is 0 Å². The van der Waals surface area contributed by atoms with Gasteiger partial charge in [-0.3, -0.25) is 0 Å². The Morgan fingerprint density at radius 2 is 1.57 bits per heavy atom. The Labute approximate surface area is 62.5 Å². The highest BCUT2D eigenvalue weighted by Gasteiger charge is 1.84. The number of halogens is 2. The van der Waals surface area contributed by atoms with Crippen molar-refractivity contribution in [3.63, 3.8) is 0 Å². The second-order valence-electron chi connectivity index (χ2n) is 0.476. The van der Waals surface area contributed by atoms with Gasteiger partial charge in [0.25, 0.3) is 7.12 Å². The third kappa shape index (κ3) is 167. The van der Waals surface area contributed by atoms with Crippen LogP contribution in [0.3, 0.4) is 0 Å². The molecule has 6 heteroatoms. The van der Waals surface area contributed by atoms with E-state index in [1.807, 2.05) is 4.93 Å². The minimum atomic E-state index is -3.69. The van der Waals surface area contributed by atoms with Gasteiger partial charge in [-0.1, -0.05) is 22.6 Å². The van der Waals surface area contributed by atoms with Crippen LogP contribution in [0.4, 0.5) is 0 Å². The number of alkyl halides is 1. The minimum absolute atomic E-state index is 1.97. The van der Waals surface area contributed by atoms with Crippen LogP contribution >= 0.6 is 33.3 Å². The van der Waals surface area contributed by atoms with Crippen molar-refractivity contribution in [3.05, 3.63) is 0 Å². The highest BCUT2D eigenvalue weighted by atomic mass is 127. The van der Waals surface area contributed by atoms with Crippen molar-refractivity contribution in [1.29, 1.82) is 0 Å².